The number of halogens is 1. The Morgan fingerprint density at radius 3 is 2.49 bits per heavy atom. The lowest BCUT2D eigenvalue weighted by Gasteiger charge is -2.09. The van der Waals surface area contributed by atoms with E-state index < -0.39 is 0 Å². The second-order valence-corrected chi connectivity index (χ2v) is 11.1. The van der Waals surface area contributed by atoms with Crippen molar-refractivity contribution in [3.05, 3.63) is 134 Å². The molecule has 0 N–H and O–H groups in total. The molecule has 200 valence electrons. The highest BCUT2D eigenvalue weighted by Crippen LogP contribution is 2.30. The first kappa shape index (κ1) is 25.2. The third-order valence-electron chi connectivity index (χ3n) is 7.50. The molecule has 0 aliphatic heterocycles. The first-order chi connectivity index (χ1) is 20.0. The van der Waals surface area contributed by atoms with Crippen LogP contribution in [0.5, 0.6) is 0 Å². The van der Waals surface area contributed by atoms with Crippen LogP contribution in [0.1, 0.15) is 22.4 Å². The molecule has 41 heavy (non-hydrogen) atoms. The Kier molecular flexibility index (Phi) is 6.16. The molecule has 3 aromatic heterocycles. The molecule has 0 fully saturated rings. The van der Waals surface area contributed by atoms with Crippen molar-refractivity contribution in [3.63, 3.8) is 0 Å². The van der Waals surface area contributed by atoms with E-state index in [9.17, 15) is 4.79 Å². The number of benzene rings is 4. The number of aryl methyl sites for hydroxylation is 1. The van der Waals surface area contributed by atoms with Crippen LogP contribution in [0, 0.1) is 13.8 Å². The predicted octanol–water partition coefficient (Wildman–Crippen LogP) is 8.07. The lowest BCUT2D eigenvalue weighted by Crippen LogP contribution is -2.20. The lowest BCUT2D eigenvalue weighted by atomic mass is 10.1. The number of para-hydroxylation sites is 2. The quantitative estimate of drug-likeness (QED) is 0.188. The number of hydrogen-bond donors (Lipinski definition) is 0. The minimum Gasteiger partial charge on any atom is -0.453 e. The fourth-order valence-corrected chi connectivity index (χ4v) is 5.71. The zero-order valence-corrected chi connectivity index (χ0v) is 24.1. The van der Waals surface area contributed by atoms with Crippen LogP contribution in [-0.4, -0.2) is 20.4 Å². The van der Waals surface area contributed by atoms with E-state index in [1.165, 1.54) is 15.8 Å². The van der Waals surface area contributed by atoms with Gasteiger partial charge in [0.25, 0.3) is 5.56 Å². The van der Waals surface area contributed by atoms with Gasteiger partial charge in [-0.2, -0.15) is 9.78 Å². The number of furan rings is 1. The van der Waals surface area contributed by atoms with E-state index in [0.717, 1.165) is 38.6 Å². The maximum absolute atomic E-state index is 13.8. The SMILES string of the molecule is Cc1ccc(Cn2c(C)c(C=Nn3c(-c4cc5cc(Br)ccc5o4)nc4ccccc4c3=O)c3ccccc32)cc1. The van der Waals surface area contributed by atoms with Crippen molar-refractivity contribution in [1.82, 2.24) is 14.2 Å². The topological polar surface area (TPSA) is 65.3 Å². The number of nitrogens with zero attached hydrogens (tertiary/aromatic N) is 4. The van der Waals surface area contributed by atoms with Crippen LogP contribution >= 0.6 is 15.9 Å². The fourth-order valence-electron chi connectivity index (χ4n) is 5.33. The second-order valence-electron chi connectivity index (χ2n) is 10.2. The van der Waals surface area contributed by atoms with Gasteiger partial charge in [-0.25, -0.2) is 4.98 Å². The van der Waals surface area contributed by atoms with Crippen LogP contribution in [0.25, 0.3) is 44.4 Å². The van der Waals surface area contributed by atoms with Gasteiger partial charge in [-0.15, -0.1) is 0 Å². The van der Waals surface area contributed by atoms with Crippen LogP contribution in [0.3, 0.4) is 0 Å². The van der Waals surface area contributed by atoms with Gasteiger partial charge in [0.1, 0.15) is 5.58 Å². The molecule has 4 aromatic carbocycles. The van der Waals surface area contributed by atoms with Gasteiger partial charge >= 0.3 is 0 Å². The van der Waals surface area contributed by atoms with E-state index in [2.05, 4.69) is 70.7 Å². The van der Waals surface area contributed by atoms with E-state index in [4.69, 9.17) is 14.5 Å². The molecule has 0 saturated carbocycles. The molecule has 0 saturated heterocycles. The molecule has 0 spiro atoms. The standard InChI is InChI=1S/C34H25BrN4O2/c1-21-11-13-23(14-12-21)20-38-22(2)28(26-7-4-6-10-30(26)38)19-36-39-33(37-29-9-5-3-8-27(29)34(39)40)32-18-24-17-25(35)15-16-31(24)41-32/h3-19H,20H2,1-2H3. The summed E-state index contributed by atoms with van der Waals surface area (Å²) in [5, 5.41) is 7.23. The molecule has 0 atom stereocenters. The van der Waals surface area contributed by atoms with Gasteiger partial charge in [0, 0.05) is 38.6 Å². The van der Waals surface area contributed by atoms with Crippen molar-refractivity contribution in [2.75, 3.05) is 0 Å². The average Bonchev–Trinajstić information content (AvgIpc) is 3.52. The molecular formula is C34H25BrN4O2. The summed E-state index contributed by atoms with van der Waals surface area (Å²) in [5.41, 5.74) is 6.61. The summed E-state index contributed by atoms with van der Waals surface area (Å²) >= 11 is 3.52. The van der Waals surface area contributed by atoms with Gasteiger partial charge in [0.15, 0.2) is 5.76 Å². The molecule has 0 unspecified atom stereocenters. The van der Waals surface area contributed by atoms with Gasteiger partial charge in [-0.1, -0.05) is 76.1 Å². The molecular weight excluding hydrogens is 576 g/mol. The Morgan fingerprint density at radius 1 is 0.902 bits per heavy atom. The Hall–Kier alpha value is -4.75. The number of rotatable bonds is 5. The summed E-state index contributed by atoms with van der Waals surface area (Å²) in [6.07, 6.45) is 1.77. The molecule has 0 amide bonds. The molecule has 7 rings (SSSR count). The third kappa shape index (κ3) is 4.48. The first-order valence-electron chi connectivity index (χ1n) is 13.4. The highest BCUT2D eigenvalue weighted by molar-refractivity contribution is 9.10. The Labute approximate surface area is 244 Å². The summed E-state index contributed by atoms with van der Waals surface area (Å²) in [7, 11) is 0. The number of fused-ring (bicyclic) bond motifs is 3. The van der Waals surface area contributed by atoms with Crippen molar-refractivity contribution >= 4 is 54.9 Å². The summed E-state index contributed by atoms with van der Waals surface area (Å²) in [4.78, 5) is 18.6. The smallest absolute Gasteiger partial charge is 0.282 e. The van der Waals surface area contributed by atoms with Gasteiger partial charge in [0.2, 0.25) is 5.82 Å². The fraction of sp³-hybridized carbons (Fsp3) is 0.0882. The highest BCUT2D eigenvalue weighted by Gasteiger charge is 2.18. The van der Waals surface area contributed by atoms with Crippen molar-refractivity contribution in [2.45, 2.75) is 20.4 Å². The zero-order valence-electron chi connectivity index (χ0n) is 22.5. The molecule has 7 aromatic rings. The summed E-state index contributed by atoms with van der Waals surface area (Å²) < 4.78 is 10.7. The van der Waals surface area contributed by atoms with Crippen LogP contribution in [0.4, 0.5) is 0 Å². The van der Waals surface area contributed by atoms with Crippen LogP contribution in [0.15, 0.2) is 116 Å². The molecule has 0 aliphatic rings. The molecule has 0 aliphatic carbocycles. The zero-order chi connectivity index (χ0) is 28.1. The second kappa shape index (κ2) is 10.0. The van der Waals surface area contributed by atoms with E-state index in [1.54, 1.807) is 12.3 Å². The van der Waals surface area contributed by atoms with Gasteiger partial charge in [-0.05, 0) is 61.9 Å². The number of hydrogen-bond acceptors (Lipinski definition) is 4. The van der Waals surface area contributed by atoms with E-state index in [-0.39, 0.29) is 5.56 Å². The average molecular weight is 602 g/mol. The summed E-state index contributed by atoms with van der Waals surface area (Å²) in [6.45, 7) is 4.92. The monoisotopic (exact) mass is 600 g/mol. The van der Waals surface area contributed by atoms with Crippen LogP contribution in [-0.2, 0) is 6.54 Å². The third-order valence-corrected chi connectivity index (χ3v) is 7.99. The molecule has 6 nitrogen and oxygen atoms in total. The molecule has 0 bridgehead atoms. The Balaban J connectivity index is 1.40. The lowest BCUT2D eigenvalue weighted by molar-refractivity contribution is 0.616. The van der Waals surface area contributed by atoms with Crippen molar-refractivity contribution in [3.8, 4) is 11.6 Å². The van der Waals surface area contributed by atoms with Crippen LogP contribution in [0.2, 0.25) is 0 Å². The van der Waals surface area contributed by atoms with Crippen LogP contribution < -0.4 is 5.56 Å². The first-order valence-corrected chi connectivity index (χ1v) is 14.1. The van der Waals surface area contributed by atoms with Gasteiger partial charge in [0.05, 0.1) is 17.1 Å². The van der Waals surface area contributed by atoms with E-state index in [1.807, 2.05) is 54.6 Å². The Morgan fingerprint density at radius 2 is 1.66 bits per heavy atom. The molecule has 3 heterocycles. The largest absolute Gasteiger partial charge is 0.453 e. The van der Waals surface area contributed by atoms with Gasteiger partial charge in [-0.3, -0.25) is 4.79 Å². The molecule has 7 heteroatoms. The Bertz CT molecular complexity index is 2190. The van der Waals surface area contributed by atoms with Crippen molar-refractivity contribution in [2.24, 2.45) is 5.10 Å². The normalized spacial score (nSPS) is 11.9. The minimum atomic E-state index is -0.260. The highest BCUT2D eigenvalue weighted by atomic mass is 79.9. The van der Waals surface area contributed by atoms with Gasteiger partial charge < -0.3 is 8.98 Å². The van der Waals surface area contributed by atoms with Crippen molar-refractivity contribution < 1.29 is 4.42 Å². The summed E-state index contributed by atoms with van der Waals surface area (Å²) in [5.74, 6) is 0.815. The van der Waals surface area contributed by atoms with E-state index in [0.29, 0.717) is 28.1 Å². The van der Waals surface area contributed by atoms with E-state index >= 15 is 0 Å². The summed E-state index contributed by atoms with van der Waals surface area (Å²) in [6, 6.07) is 31.9. The number of aromatic nitrogens is 3. The molecule has 0 radical (unpaired) electrons. The maximum Gasteiger partial charge on any atom is 0.282 e. The minimum absolute atomic E-state index is 0.260. The predicted molar refractivity (Wildman–Crippen MR) is 169 cm³/mol. The maximum atomic E-state index is 13.8. The van der Waals surface area contributed by atoms with Crippen molar-refractivity contribution in [1.29, 1.82) is 0 Å².